The standard InChI is InChI=1S/C15H11F17N2S3/c1-4(2)34-6(36)5(35)33(7(34)37)3-8(16,17)9(18,19)10(20,21)11(22,23)12(24,25)13(26,27)14(28,29)15(30,31)32/h4,35-36H,3H2,1-2H3. The molecule has 0 aliphatic heterocycles. The van der Waals surface area contributed by atoms with Gasteiger partial charge in [0, 0.05) is 6.04 Å². The van der Waals surface area contributed by atoms with Gasteiger partial charge in [0.05, 0.1) is 6.54 Å². The van der Waals surface area contributed by atoms with Crippen molar-refractivity contribution in [2.75, 3.05) is 0 Å². The van der Waals surface area contributed by atoms with Crippen molar-refractivity contribution < 1.29 is 74.6 Å². The molecule has 0 amide bonds. The van der Waals surface area contributed by atoms with Crippen molar-refractivity contribution in [1.82, 2.24) is 9.13 Å². The first-order valence-electron chi connectivity index (χ1n) is 8.84. The van der Waals surface area contributed by atoms with Crippen LogP contribution in [-0.4, -0.2) is 56.8 Å². The van der Waals surface area contributed by atoms with Gasteiger partial charge >= 0.3 is 47.6 Å². The topological polar surface area (TPSA) is 9.86 Å². The van der Waals surface area contributed by atoms with E-state index in [4.69, 9.17) is 0 Å². The third-order valence-corrected chi connectivity index (χ3v) is 6.25. The smallest absolute Gasteiger partial charge is 0.309 e. The number of aromatic nitrogens is 2. The van der Waals surface area contributed by atoms with Crippen molar-refractivity contribution in [3.63, 3.8) is 0 Å². The van der Waals surface area contributed by atoms with E-state index in [0.717, 1.165) is 4.57 Å². The predicted octanol–water partition coefficient (Wildman–Crippen LogP) is 8.19. The van der Waals surface area contributed by atoms with Gasteiger partial charge in [-0.15, -0.1) is 25.3 Å². The van der Waals surface area contributed by atoms with Crippen molar-refractivity contribution in [2.24, 2.45) is 0 Å². The molecule has 0 aliphatic rings. The minimum absolute atomic E-state index is 0.215. The Kier molecular flexibility index (Phi) is 8.50. The molecule has 0 atom stereocenters. The molecule has 2 nitrogen and oxygen atoms in total. The molecule has 0 aliphatic carbocycles. The molecule has 0 fully saturated rings. The Morgan fingerprint density at radius 2 is 0.919 bits per heavy atom. The first-order valence-corrected chi connectivity index (χ1v) is 10.1. The molecule has 0 aromatic carbocycles. The van der Waals surface area contributed by atoms with Crippen molar-refractivity contribution in [3.05, 3.63) is 4.77 Å². The average Bonchev–Trinajstić information content (AvgIpc) is 2.89. The van der Waals surface area contributed by atoms with Crippen LogP contribution in [0.25, 0.3) is 0 Å². The zero-order valence-corrected chi connectivity index (χ0v) is 20.0. The van der Waals surface area contributed by atoms with Crippen LogP contribution in [0, 0.1) is 4.77 Å². The summed E-state index contributed by atoms with van der Waals surface area (Å²) in [7, 11) is 0. The maximum atomic E-state index is 14.3. The van der Waals surface area contributed by atoms with E-state index >= 15 is 0 Å². The minimum Gasteiger partial charge on any atom is -0.309 e. The lowest BCUT2D eigenvalue weighted by Crippen LogP contribution is -2.74. The summed E-state index contributed by atoms with van der Waals surface area (Å²) in [6.45, 7) is -0.266. The molecule has 0 spiro atoms. The van der Waals surface area contributed by atoms with Crippen LogP contribution in [0.1, 0.15) is 19.9 Å². The van der Waals surface area contributed by atoms with Crippen LogP contribution in [0.15, 0.2) is 10.1 Å². The van der Waals surface area contributed by atoms with Gasteiger partial charge < -0.3 is 9.13 Å². The fraction of sp³-hybridized carbons (Fsp3) is 0.800. The Morgan fingerprint density at radius 3 is 1.22 bits per heavy atom. The van der Waals surface area contributed by atoms with Crippen LogP contribution in [0.3, 0.4) is 0 Å². The second-order valence-electron chi connectivity index (χ2n) is 7.63. The fourth-order valence-corrected chi connectivity index (χ4v) is 3.95. The molecule has 0 bridgehead atoms. The van der Waals surface area contributed by atoms with Gasteiger partial charge in [0.2, 0.25) is 0 Å². The van der Waals surface area contributed by atoms with Crippen LogP contribution in [0.4, 0.5) is 74.6 Å². The van der Waals surface area contributed by atoms with E-state index in [9.17, 15) is 74.6 Å². The molecule has 1 aromatic heterocycles. The number of hydrogen-bond donors (Lipinski definition) is 2. The van der Waals surface area contributed by atoms with Crippen LogP contribution < -0.4 is 0 Å². The highest BCUT2D eigenvalue weighted by molar-refractivity contribution is 7.83. The number of alkyl halides is 17. The number of thiol groups is 2. The van der Waals surface area contributed by atoms with E-state index in [1.807, 2.05) is 0 Å². The molecule has 0 saturated carbocycles. The fourth-order valence-electron chi connectivity index (χ4n) is 2.64. The molecule has 0 saturated heterocycles. The number of nitrogens with zero attached hydrogens (tertiary/aromatic N) is 2. The first-order chi connectivity index (χ1) is 15.9. The van der Waals surface area contributed by atoms with Crippen LogP contribution in [-0.2, 0) is 6.54 Å². The summed E-state index contributed by atoms with van der Waals surface area (Å²) in [6.07, 6.45) is -7.80. The summed E-state index contributed by atoms with van der Waals surface area (Å²) in [6, 6.07) is -0.803. The number of imidazole rings is 1. The van der Waals surface area contributed by atoms with Crippen LogP contribution in [0.2, 0.25) is 0 Å². The lowest BCUT2D eigenvalue weighted by Gasteiger charge is -2.42. The van der Waals surface area contributed by atoms with Gasteiger partial charge in [-0.05, 0) is 26.1 Å². The number of halogens is 17. The van der Waals surface area contributed by atoms with Gasteiger partial charge in [-0.3, -0.25) is 0 Å². The van der Waals surface area contributed by atoms with E-state index in [1.54, 1.807) is 0 Å². The van der Waals surface area contributed by atoms with Crippen LogP contribution >= 0.6 is 37.5 Å². The molecule has 0 N–H and O–H groups in total. The third kappa shape index (κ3) is 4.58. The van der Waals surface area contributed by atoms with Crippen molar-refractivity contribution in [1.29, 1.82) is 0 Å². The molecule has 0 radical (unpaired) electrons. The van der Waals surface area contributed by atoms with Gasteiger partial charge in [-0.2, -0.15) is 74.6 Å². The quantitative estimate of drug-likeness (QED) is 0.158. The molecule has 1 rings (SSSR count). The molecule has 1 aromatic rings. The van der Waals surface area contributed by atoms with E-state index in [1.165, 1.54) is 13.8 Å². The van der Waals surface area contributed by atoms with E-state index < -0.39 is 75.0 Å². The second-order valence-corrected chi connectivity index (χ2v) is 8.84. The largest absolute Gasteiger partial charge is 0.460 e. The van der Waals surface area contributed by atoms with Gasteiger partial charge in [-0.1, -0.05) is 0 Å². The number of rotatable bonds is 9. The summed E-state index contributed by atoms with van der Waals surface area (Å²) >= 11 is 11.9. The molecule has 0 unspecified atom stereocenters. The maximum Gasteiger partial charge on any atom is 0.460 e. The monoisotopic (exact) mass is 638 g/mol. The Morgan fingerprint density at radius 1 is 0.595 bits per heavy atom. The van der Waals surface area contributed by atoms with Gasteiger partial charge in [0.25, 0.3) is 0 Å². The van der Waals surface area contributed by atoms with Crippen LogP contribution in [0.5, 0.6) is 0 Å². The average molecular weight is 638 g/mol. The van der Waals surface area contributed by atoms with Crippen molar-refractivity contribution in [2.45, 2.75) is 84.1 Å². The van der Waals surface area contributed by atoms with E-state index in [-0.39, 0.29) is 4.57 Å². The maximum absolute atomic E-state index is 14.3. The summed E-state index contributed by atoms with van der Waals surface area (Å²) in [5.41, 5.74) is 0. The Balaban J connectivity index is 3.72. The Hall–Kier alpha value is -1.06. The van der Waals surface area contributed by atoms with E-state index in [2.05, 4.69) is 37.5 Å². The molecular weight excluding hydrogens is 627 g/mol. The lowest BCUT2D eigenvalue weighted by atomic mass is 9.89. The SMILES string of the molecule is CC(C)n1c(S)c(S)n(CC(F)(F)C(F)(F)C(F)(F)C(F)(F)C(F)(F)C(F)(F)C(F)(F)C(F)(F)F)c1=S. The highest BCUT2D eigenvalue weighted by atomic mass is 32.1. The zero-order chi connectivity index (χ0) is 30.2. The van der Waals surface area contributed by atoms with E-state index in [0.29, 0.717) is 0 Å². The normalized spacial score (nSPS) is 15.6. The van der Waals surface area contributed by atoms with Gasteiger partial charge in [-0.25, -0.2) is 0 Å². The second kappa shape index (κ2) is 9.26. The highest BCUT2D eigenvalue weighted by Gasteiger charge is 2.95. The van der Waals surface area contributed by atoms with Crippen molar-refractivity contribution >= 4 is 37.5 Å². The highest BCUT2D eigenvalue weighted by Crippen LogP contribution is 2.64. The Labute approximate surface area is 210 Å². The predicted molar refractivity (Wildman–Crippen MR) is 98.8 cm³/mol. The minimum atomic E-state index is -8.67. The first kappa shape index (κ1) is 34.0. The summed E-state index contributed by atoms with van der Waals surface area (Å²) in [5, 5.41) is -1.35. The summed E-state index contributed by atoms with van der Waals surface area (Å²) in [5.74, 6) is -56.9. The molecule has 22 heteroatoms. The molecule has 37 heavy (non-hydrogen) atoms. The van der Waals surface area contributed by atoms with Gasteiger partial charge in [0.15, 0.2) is 4.77 Å². The molecule has 1 heterocycles. The lowest BCUT2D eigenvalue weighted by molar-refractivity contribution is -0.462. The third-order valence-electron chi connectivity index (χ3n) is 4.78. The van der Waals surface area contributed by atoms with Crippen molar-refractivity contribution in [3.8, 4) is 0 Å². The summed E-state index contributed by atoms with van der Waals surface area (Å²) < 4.78 is 227. The molecular formula is C15H11F17N2S3. The summed E-state index contributed by atoms with van der Waals surface area (Å²) in [4.78, 5) is 0. The zero-order valence-electron chi connectivity index (χ0n) is 17.4. The van der Waals surface area contributed by atoms with Gasteiger partial charge in [0.1, 0.15) is 10.1 Å². The molecule has 218 valence electrons. The Bertz CT molecular complexity index is 1070. The number of hydrogen-bond acceptors (Lipinski definition) is 3.